The van der Waals surface area contributed by atoms with Crippen LogP contribution in [0, 0.1) is 0 Å². The zero-order valence-electron chi connectivity index (χ0n) is 11.2. The molecule has 1 unspecified atom stereocenters. The number of rotatable bonds is 6. The molecule has 0 saturated heterocycles. The second-order valence-corrected chi connectivity index (χ2v) is 4.74. The molecule has 3 N–H and O–H groups in total. The lowest BCUT2D eigenvalue weighted by molar-refractivity contribution is -0.123. The van der Waals surface area contributed by atoms with Crippen molar-refractivity contribution in [2.24, 2.45) is 0 Å². The summed E-state index contributed by atoms with van der Waals surface area (Å²) in [6, 6.07) is 7.61. The molecule has 4 nitrogen and oxygen atoms in total. The van der Waals surface area contributed by atoms with Gasteiger partial charge in [-0.3, -0.25) is 4.79 Å². The average molecular weight is 250 g/mol. The van der Waals surface area contributed by atoms with Crippen LogP contribution in [0.2, 0.25) is 0 Å². The fourth-order valence-electron chi connectivity index (χ4n) is 1.54. The molecular weight excluding hydrogens is 228 g/mol. The highest BCUT2D eigenvalue weighted by Crippen LogP contribution is 2.04. The molecule has 1 amide bonds. The average Bonchev–Trinajstić information content (AvgIpc) is 2.35. The molecule has 1 aromatic rings. The first-order chi connectivity index (χ1) is 8.52. The van der Waals surface area contributed by atoms with E-state index in [-0.39, 0.29) is 24.6 Å². The molecule has 0 aliphatic rings. The van der Waals surface area contributed by atoms with E-state index in [4.69, 9.17) is 5.11 Å². The van der Waals surface area contributed by atoms with Crippen LogP contribution in [0.5, 0.6) is 0 Å². The molecule has 0 aliphatic carbocycles. The Kier molecular flexibility index (Phi) is 5.82. The van der Waals surface area contributed by atoms with Gasteiger partial charge in [-0.25, -0.2) is 0 Å². The minimum Gasteiger partial charge on any atom is -0.392 e. The van der Waals surface area contributed by atoms with E-state index >= 15 is 0 Å². The Morgan fingerprint density at radius 1 is 1.17 bits per heavy atom. The van der Waals surface area contributed by atoms with E-state index < -0.39 is 0 Å². The first-order valence-corrected chi connectivity index (χ1v) is 6.25. The van der Waals surface area contributed by atoms with Gasteiger partial charge in [0.2, 0.25) is 5.91 Å². The van der Waals surface area contributed by atoms with Crippen molar-refractivity contribution >= 4 is 5.91 Å². The minimum absolute atomic E-state index is 0.0111. The van der Waals surface area contributed by atoms with Gasteiger partial charge in [-0.15, -0.1) is 0 Å². The maximum absolute atomic E-state index is 11.7. The smallest absolute Gasteiger partial charge is 0.237 e. The number of amides is 1. The van der Waals surface area contributed by atoms with Crippen molar-refractivity contribution in [3.05, 3.63) is 35.4 Å². The van der Waals surface area contributed by atoms with Crippen molar-refractivity contribution < 1.29 is 9.90 Å². The number of aliphatic hydroxyl groups excluding tert-OH is 1. The molecule has 0 heterocycles. The Labute approximate surface area is 108 Å². The normalized spacial score (nSPS) is 12.5. The van der Waals surface area contributed by atoms with E-state index in [0.29, 0.717) is 6.54 Å². The summed E-state index contributed by atoms with van der Waals surface area (Å²) in [5.41, 5.74) is 1.99. The standard InChI is InChI=1S/C14H22N2O2/c1-10(2)16-14(18)11(3)15-8-12-4-6-13(9-17)7-5-12/h4-7,10-11,15,17H,8-9H2,1-3H3,(H,16,18). The Hall–Kier alpha value is -1.39. The number of hydrogen-bond acceptors (Lipinski definition) is 3. The van der Waals surface area contributed by atoms with Gasteiger partial charge in [-0.05, 0) is 31.9 Å². The minimum atomic E-state index is -0.218. The van der Waals surface area contributed by atoms with E-state index in [1.165, 1.54) is 0 Å². The topological polar surface area (TPSA) is 61.4 Å². The van der Waals surface area contributed by atoms with Gasteiger partial charge in [0.1, 0.15) is 0 Å². The lowest BCUT2D eigenvalue weighted by atomic mass is 10.1. The van der Waals surface area contributed by atoms with Gasteiger partial charge >= 0.3 is 0 Å². The summed E-state index contributed by atoms with van der Waals surface area (Å²) < 4.78 is 0. The van der Waals surface area contributed by atoms with Crippen LogP contribution in [-0.4, -0.2) is 23.1 Å². The largest absolute Gasteiger partial charge is 0.392 e. The molecule has 0 aromatic heterocycles. The monoisotopic (exact) mass is 250 g/mol. The van der Waals surface area contributed by atoms with Gasteiger partial charge in [-0.1, -0.05) is 24.3 Å². The van der Waals surface area contributed by atoms with Crippen LogP contribution in [0.1, 0.15) is 31.9 Å². The Morgan fingerprint density at radius 2 is 1.72 bits per heavy atom. The van der Waals surface area contributed by atoms with E-state index in [0.717, 1.165) is 11.1 Å². The molecule has 1 atom stereocenters. The first-order valence-electron chi connectivity index (χ1n) is 6.25. The van der Waals surface area contributed by atoms with Crippen molar-refractivity contribution in [1.29, 1.82) is 0 Å². The molecule has 0 fully saturated rings. The fraction of sp³-hybridized carbons (Fsp3) is 0.500. The summed E-state index contributed by atoms with van der Waals surface area (Å²) in [7, 11) is 0. The Balaban J connectivity index is 2.41. The summed E-state index contributed by atoms with van der Waals surface area (Å²) >= 11 is 0. The zero-order chi connectivity index (χ0) is 13.5. The highest BCUT2D eigenvalue weighted by atomic mass is 16.3. The highest BCUT2D eigenvalue weighted by Gasteiger charge is 2.12. The zero-order valence-corrected chi connectivity index (χ0v) is 11.2. The summed E-state index contributed by atoms with van der Waals surface area (Å²) in [6.45, 7) is 6.43. The Morgan fingerprint density at radius 3 is 2.22 bits per heavy atom. The summed E-state index contributed by atoms with van der Waals surface area (Å²) in [6.07, 6.45) is 0. The SMILES string of the molecule is CC(C)NC(=O)C(C)NCc1ccc(CO)cc1. The molecule has 0 spiro atoms. The molecule has 0 bridgehead atoms. The number of nitrogens with one attached hydrogen (secondary N) is 2. The summed E-state index contributed by atoms with van der Waals surface area (Å²) in [5.74, 6) is 0.0111. The predicted molar refractivity (Wildman–Crippen MR) is 71.9 cm³/mol. The number of hydrogen-bond donors (Lipinski definition) is 3. The van der Waals surface area contributed by atoms with Crippen LogP contribution < -0.4 is 10.6 Å². The quantitative estimate of drug-likeness (QED) is 0.710. The summed E-state index contributed by atoms with van der Waals surface area (Å²) in [4.78, 5) is 11.7. The molecule has 4 heteroatoms. The number of carbonyl (C=O) groups is 1. The molecule has 1 rings (SSSR count). The van der Waals surface area contributed by atoms with Gasteiger partial charge in [0.15, 0.2) is 0 Å². The van der Waals surface area contributed by atoms with E-state index in [2.05, 4.69) is 10.6 Å². The van der Waals surface area contributed by atoms with E-state index in [9.17, 15) is 4.79 Å². The van der Waals surface area contributed by atoms with E-state index in [1.54, 1.807) is 0 Å². The van der Waals surface area contributed by atoms with Gasteiger partial charge in [-0.2, -0.15) is 0 Å². The molecule has 18 heavy (non-hydrogen) atoms. The fourth-order valence-corrected chi connectivity index (χ4v) is 1.54. The van der Waals surface area contributed by atoms with Crippen molar-refractivity contribution in [3.8, 4) is 0 Å². The Bertz CT molecular complexity index is 374. The van der Waals surface area contributed by atoms with Gasteiger partial charge in [0, 0.05) is 12.6 Å². The molecule has 0 saturated carbocycles. The van der Waals surface area contributed by atoms with Crippen molar-refractivity contribution in [2.75, 3.05) is 0 Å². The van der Waals surface area contributed by atoms with Crippen LogP contribution in [0.15, 0.2) is 24.3 Å². The lowest BCUT2D eigenvalue weighted by Gasteiger charge is -2.16. The predicted octanol–water partition coefficient (Wildman–Crippen LogP) is 1.18. The first kappa shape index (κ1) is 14.7. The molecule has 0 aliphatic heterocycles. The van der Waals surface area contributed by atoms with Crippen LogP contribution in [0.25, 0.3) is 0 Å². The van der Waals surface area contributed by atoms with E-state index in [1.807, 2.05) is 45.0 Å². The van der Waals surface area contributed by atoms with Crippen LogP contribution in [0.3, 0.4) is 0 Å². The van der Waals surface area contributed by atoms with Gasteiger partial charge in [0.05, 0.1) is 12.6 Å². The molecule has 1 aromatic carbocycles. The third-order valence-electron chi connectivity index (χ3n) is 2.64. The summed E-state index contributed by atoms with van der Waals surface area (Å²) in [5, 5.41) is 15.0. The lowest BCUT2D eigenvalue weighted by Crippen LogP contribution is -2.44. The van der Waals surface area contributed by atoms with Crippen LogP contribution in [-0.2, 0) is 17.9 Å². The van der Waals surface area contributed by atoms with Crippen molar-refractivity contribution in [2.45, 2.75) is 46.0 Å². The number of aliphatic hydroxyl groups is 1. The molecule has 0 radical (unpaired) electrons. The van der Waals surface area contributed by atoms with Crippen LogP contribution >= 0.6 is 0 Å². The maximum Gasteiger partial charge on any atom is 0.237 e. The molecule has 100 valence electrons. The highest BCUT2D eigenvalue weighted by molar-refractivity contribution is 5.81. The maximum atomic E-state index is 11.7. The van der Waals surface area contributed by atoms with Crippen LogP contribution in [0.4, 0.5) is 0 Å². The molecular formula is C14H22N2O2. The number of carbonyl (C=O) groups excluding carboxylic acids is 1. The van der Waals surface area contributed by atoms with Crippen molar-refractivity contribution in [1.82, 2.24) is 10.6 Å². The third-order valence-corrected chi connectivity index (χ3v) is 2.64. The third kappa shape index (κ3) is 4.85. The second-order valence-electron chi connectivity index (χ2n) is 4.74. The van der Waals surface area contributed by atoms with Gasteiger partial charge < -0.3 is 15.7 Å². The second kappa shape index (κ2) is 7.13. The van der Waals surface area contributed by atoms with Gasteiger partial charge in [0.25, 0.3) is 0 Å². The number of benzene rings is 1. The van der Waals surface area contributed by atoms with Crippen molar-refractivity contribution in [3.63, 3.8) is 0 Å².